The quantitative estimate of drug-likeness (QED) is 0.0338. The van der Waals surface area contributed by atoms with Gasteiger partial charge in [-0.05, 0) is 90.6 Å². The van der Waals surface area contributed by atoms with E-state index in [0.717, 1.165) is 11.0 Å². The Morgan fingerprint density at radius 3 is 0.964 bits per heavy atom. The Balaban J connectivity index is 4.70. The van der Waals surface area contributed by atoms with E-state index in [2.05, 4.69) is 92.3 Å². The number of quaternary nitrogens is 3. The normalized spacial score (nSPS) is 14.8. The van der Waals surface area contributed by atoms with Gasteiger partial charge in [-0.15, -0.1) is 0 Å². The molecule has 4 heteroatoms. The summed E-state index contributed by atoms with van der Waals surface area (Å²) in [6.45, 7) is 18.7. The number of likely N-dealkylation sites (N-methyl/N-ethyl adjacent to an activating group) is 2. The summed E-state index contributed by atoms with van der Waals surface area (Å²) in [4.78, 5) is 2.51. The first-order chi connectivity index (χ1) is 27.0. The predicted octanol–water partition coefficient (Wildman–Crippen LogP) is 14.4. The van der Waals surface area contributed by atoms with E-state index in [-0.39, 0.29) is 0 Å². The molecule has 0 N–H and O–H groups in total. The van der Waals surface area contributed by atoms with Crippen LogP contribution in [0.3, 0.4) is 0 Å². The van der Waals surface area contributed by atoms with Crippen molar-refractivity contribution in [2.45, 2.75) is 213 Å². The maximum atomic E-state index is 2.62. The fraction of sp³-hybridized carbons (Fsp3) is 0.923. The van der Waals surface area contributed by atoms with Crippen molar-refractivity contribution >= 4 is 0 Å². The van der Waals surface area contributed by atoms with Crippen molar-refractivity contribution in [2.75, 3.05) is 101 Å². The first-order valence-electron chi connectivity index (χ1n) is 25.5. The SMILES string of the molecule is CCCCCCCCC=CCCCCCCCC[N+](C)(CCCN(C)CC)CC[N+](C)(CCCCCCCCC=CCCCCCCCC)CCC[N+](C)(C)C. The Bertz CT molecular complexity index is 861. The standard InChI is InChI=1S/C52H109N4/c1-10-13-15-17-19-21-23-25-27-29-31-33-35-37-39-41-47-55(8,49-43-45-53(4)12-3)51-52-56(9,50-44-46-54(5,6)7)48-42-40-38-36-34-32-30-28-26-24-22-20-18-16-14-11-2/h25-28H,10-24,29-52H2,1-9H3/q+3. The third kappa shape index (κ3) is 38.8. The van der Waals surface area contributed by atoms with Crippen LogP contribution in [0.15, 0.2) is 24.3 Å². The van der Waals surface area contributed by atoms with E-state index in [9.17, 15) is 0 Å². The van der Waals surface area contributed by atoms with Gasteiger partial charge in [-0.3, -0.25) is 0 Å². The van der Waals surface area contributed by atoms with Crippen molar-refractivity contribution in [1.82, 2.24) is 4.90 Å². The fourth-order valence-electron chi connectivity index (χ4n) is 8.44. The van der Waals surface area contributed by atoms with Gasteiger partial charge in [0, 0.05) is 19.4 Å². The Morgan fingerprint density at radius 1 is 0.321 bits per heavy atom. The first kappa shape index (κ1) is 55.3. The Hall–Kier alpha value is -0.680. The second kappa shape index (κ2) is 38.5. The molecule has 0 bridgehead atoms. The van der Waals surface area contributed by atoms with Gasteiger partial charge in [-0.25, -0.2) is 0 Å². The molecule has 0 fully saturated rings. The van der Waals surface area contributed by atoms with Crippen LogP contribution >= 0.6 is 0 Å². The van der Waals surface area contributed by atoms with Gasteiger partial charge in [-0.2, -0.15) is 0 Å². The maximum absolute atomic E-state index is 2.62. The van der Waals surface area contributed by atoms with Crippen LogP contribution in [0.2, 0.25) is 0 Å². The smallest absolute Gasteiger partial charge is 0.128 e. The van der Waals surface area contributed by atoms with Gasteiger partial charge in [0.05, 0.1) is 68.0 Å². The monoisotopic (exact) mass is 790 g/mol. The minimum atomic E-state index is 1.09. The number of hydrogen-bond donors (Lipinski definition) is 0. The molecule has 334 valence electrons. The molecule has 0 saturated carbocycles. The molecular weight excluding hydrogens is 681 g/mol. The molecule has 2 atom stereocenters. The molecule has 0 amide bonds. The average molecular weight is 790 g/mol. The Morgan fingerprint density at radius 2 is 0.625 bits per heavy atom. The molecule has 0 saturated heterocycles. The molecule has 0 aromatic heterocycles. The Kier molecular flexibility index (Phi) is 38.0. The van der Waals surface area contributed by atoms with Crippen LogP contribution in [-0.2, 0) is 0 Å². The topological polar surface area (TPSA) is 3.24 Å². The summed E-state index contributed by atoms with van der Waals surface area (Å²) >= 11 is 0. The van der Waals surface area contributed by atoms with Crippen LogP contribution in [0, 0.1) is 0 Å². The number of rotatable bonds is 44. The summed E-state index contributed by atoms with van der Waals surface area (Å²) in [6, 6.07) is 0. The van der Waals surface area contributed by atoms with Gasteiger partial charge < -0.3 is 18.3 Å². The average Bonchev–Trinajstić information content (AvgIpc) is 3.16. The lowest BCUT2D eigenvalue weighted by molar-refractivity contribution is -0.965. The number of unbranched alkanes of at least 4 members (excludes halogenated alkanes) is 24. The van der Waals surface area contributed by atoms with Crippen LogP contribution in [0.25, 0.3) is 0 Å². The number of hydrogen-bond acceptors (Lipinski definition) is 1. The molecule has 0 aliphatic rings. The molecule has 0 spiro atoms. The van der Waals surface area contributed by atoms with Gasteiger partial charge >= 0.3 is 0 Å². The zero-order valence-corrected chi connectivity index (χ0v) is 40.7. The van der Waals surface area contributed by atoms with Crippen LogP contribution in [-0.4, -0.2) is 120 Å². The van der Waals surface area contributed by atoms with E-state index in [1.807, 2.05) is 0 Å². The molecule has 4 nitrogen and oxygen atoms in total. The van der Waals surface area contributed by atoms with E-state index in [1.165, 1.54) is 254 Å². The molecule has 56 heavy (non-hydrogen) atoms. The van der Waals surface area contributed by atoms with E-state index in [4.69, 9.17) is 0 Å². The lowest BCUT2D eigenvalue weighted by atomic mass is 10.1. The molecule has 0 radical (unpaired) electrons. The summed E-state index contributed by atoms with van der Waals surface area (Å²) in [5.41, 5.74) is 0. The second-order valence-corrected chi connectivity index (χ2v) is 20.1. The molecule has 0 rings (SSSR count). The van der Waals surface area contributed by atoms with Gasteiger partial charge in [0.25, 0.3) is 0 Å². The first-order valence-corrected chi connectivity index (χ1v) is 25.5. The van der Waals surface area contributed by atoms with Crippen molar-refractivity contribution in [2.24, 2.45) is 0 Å². The molecule has 0 aromatic rings. The highest BCUT2D eigenvalue weighted by Crippen LogP contribution is 2.18. The van der Waals surface area contributed by atoms with Gasteiger partial charge in [0.15, 0.2) is 0 Å². The highest BCUT2D eigenvalue weighted by Gasteiger charge is 2.29. The van der Waals surface area contributed by atoms with E-state index in [1.54, 1.807) is 0 Å². The Labute approximate surface area is 356 Å². The van der Waals surface area contributed by atoms with Crippen molar-refractivity contribution in [3.05, 3.63) is 24.3 Å². The zero-order chi connectivity index (χ0) is 41.5. The zero-order valence-electron chi connectivity index (χ0n) is 40.7. The maximum Gasteiger partial charge on any atom is 0.128 e. The minimum Gasteiger partial charge on any atom is -0.331 e. The molecular formula is C52H109N4+3. The summed E-state index contributed by atoms with van der Waals surface area (Å²) in [5.74, 6) is 0. The van der Waals surface area contributed by atoms with Crippen molar-refractivity contribution in [1.29, 1.82) is 0 Å². The summed E-state index contributed by atoms with van der Waals surface area (Å²) in [6.07, 6.45) is 51.5. The molecule has 2 unspecified atom stereocenters. The fourth-order valence-corrected chi connectivity index (χ4v) is 8.44. The molecule has 0 aliphatic heterocycles. The van der Waals surface area contributed by atoms with Crippen LogP contribution in [0.4, 0.5) is 0 Å². The van der Waals surface area contributed by atoms with Crippen LogP contribution < -0.4 is 0 Å². The minimum absolute atomic E-state index is 1.09. The largest absolute Gasteiger partial charge is 0.331 e. The third-order valence-corrected chi connectivity index (χ3v) is 12.9. The van der Waals surface area contributed by atoms with E-state index < -0.39 is 0 Å². The summed E-state index contributed by atoms with van der Waals surface area (Å²) in [7, 11) is 14.6. The summed E-state index contributed by atoms with van der Waals surface area (Å²) in [5, 5.41) is 0. The molecule has 0 heterocycles. The highest BCUT2D eigenvalue weighted by molar-refractivity contribution is 4.82. The predicted molar refractivity (Wildman–Crippen MR) is 256 cm³/mol. The second-order valence-electron chi connectivity index (χ2n) is 20.1. The van der Waals surface area contributed by atoms with Crippen LogP contribution in [0.1, 0.15) is 213 Å². The van der Waals surface area contributed by atoms with Crippen molar-refractivity contribution in [3.63, 3.8) is 0 Å². The van der Waals surface area contributed by atoms with Gasteiger partial charge in [0.2, 0.25) is 0 Å². The lowest BCUT2D eigenvalue weighted by Gasteiger charge is -2.41. The van der Waals surface area contributed by atoms with Gasteiger partial charge in [0.1, 0.15) is 13.1 Å². The molecule has 0 aliphatic carbocycles. The van der Waals surface area contributed by atoms with Crippen molar-refractivity contribution < 1.29 is 13.4 Å². The summed E-state index contributed by atoms with van der Waals surface area (Å²) < 4.78 is 3.64. The number of nitrogens with zero attached hydrogens (tertiary/aromatic N) is 4. The highest BCUT2D eigenvalue weighted by atomic mass is 15.4. The lowest BCUT2D eigenvalue weighted by Crippen LogP contribution is -2.56. The number of allylic oxidation sites excluding steroid dienone is 4. The van der Waals surface area contributed by atoms with Crippen molar-refractivity contribution in [3.8, 4) is 0 Å². The third-order valence-electron chi connectivity index (χ3n) is 12.9. The molecule has 0 aromatic carbocycles. The van der Waals surface area contributed by atoms with Crippen LogP contribution in [0.5, 0.6) is 0 Å². The van der Waals surface area contributed by atoms with E-state index >= 15 is 0 Å². The van der Waals surface area contributed by atoms with Gasteiger partial charge in [-0.1, -0.05) is 148 Å². The van der Waals surface area contributed by atoms with E-state index in [0.29, 0.717) is 0 Å².